The lowest BCUT2D eigenvalue weighted by Crippen LogP contribution is -2.23. The molecular weight excluding hydrogens is 373 g/mol. The van der Waals surface area contributed by atoms with E-state index in [9.17, 15) is 19.3 Å². The molecule has 1 aromatic heterocycles. The van der Waals surface area contributed by atoms with E-state index in [4.69, 9.17) is 0 Å². The van der Waals surface area contributed by atoms with E-state index in [2.05, 4.69) is 22.1 Å². The lowest BCUT2D eigenvalue weighted by molar-refractivity contribution is -0.387. The zero-order valence-electron chi connectivity index (χ0n) is 14.6. The Labute approximate surface area is 159 Å². The average molecular weight is 391 g/mol. The van der Waals surface area contributed by atoms with Gasteiger partial charge in [-0.2, -0.15) is 4.39 Å². The van der Waals surface area contributed by atoms with Crippen molar-refractivity contribution in [3.8, 4) is 0 Å². The molecule has 1 amide bonds. The van der Waals surface area contributed by atoms with Gasteiger partial charge in [-0.15, -0.1) is 16.8 Å². The first-order valence-electron chi connectivity index (χ1n) is 8.36. The number of carbonyl (C=O) groups is 1. The van der Waals surface area contributed by atoms with Crippen LogP contribution >= 0.6 is 11.8 Å². The predicted octanol–water partition coefficient (Wildman–Crippen LogP) is 3.51. The molecule has 0 radical (unpaired) electrons. The summed E-state index contributed by atoms with van der Waals surface area (Å²) in [6.45, 7) is 6.00. The molecule has 0 spiro atoms. The number of nitro benzene ring substituents is 1. The third kappa shape index (κ3) is 4.33. The number of aromatic nitrogens is 3. The second-order valence-corrected chi connectivity index (χ2v) is 7.49. The van der Waals surface area contributed by atoms with Gasteiger partial charge in [-0.25, -0.2) is 0 Å². The first-order valence-corrected chi connectivity index (χ1v) is 9.24. The van der Waals surface area contributed by atoms with Crippen LogP contribution in [0, 0.1) is 15.9 Å². The number of rotatable bonds is 8. The maximum atomic E-state index is 13.4. The van der Waals surface area contributed by atoms with Gasteiger partial charge in [0.05, 0.1) is 10.2 Å². The van der Waals surface area contributed by atoms with Crippen molar-refractivity contribution in [3.63, 3.8) is 0 Å². The first kappa shape index (κ1) is 19.0. The fourth-order valence-electron chi connectivity index (χ4n) is 2.52. The molecule has 142 valence electrons. The molecule has 10 heteroatoms. The highest BCUT2D eigenvalue weighted by atomic mass is 32.2. The molecule has 1 heterocycles. The second kappa shape index (κ2) is 7.87. The van der Waals surface area contributed by atoms with Crippen LogP contribution in [0.2, 0.25) is 0 Å². The van der Waals surface area contributed by atoms with Crippen LogP contribution in [0.4, 0.5) is 15.8 Å². The number of allylic oxidation sites excluding steroid dienone is 1. The van der Waals surface area contributed by atoms with Crippen molar-refractivity contribution in [1.82, 2.24) is 14.8 Å². The quantitative estimate of drug-likeness (QED) is 0.320. The minimum atomic E-state index is -0.953. The molecule has 8 nitrogen and oxygen atoms in total. The van der Waals surface area contributed by atoms with Gasteiger partial charge in [-0.1, -0.05) is 17.8 Å². The molecule has 3 rings (SSSR count). The molecule has 1 saturated carbocycles. The Bertz CT molecular complexity index is 897. The zero-order chi connectivity index (χ0) is 19.6. The number of nitrogens with zero attached hydrogens (tertiary/aromatic N) is 4. The van der Waals surface area contributed by atoms with Gasteiger partial charge in [-0.05, 0) is 31.9 Å². The van der Waals surface area contributed by atoms with E-state index >= 15 is 0 Å². The lowest BCUT2D eigenvalue weighted by Gasteiger charge is -2.13. The largest absolute Gasteiger partial charge is 0.325 e. The Morgan fingerprint density at radius 2 is 2.30 bits per heavy atom. The van der Waals surface area contributed by atoms with Gasteiger partial charge in [0.2, 0.25) is 11.7 Å². The number of halogens is 1. The van der Waals surface area contributed by atoms with Gasteiger partial charge in [0.15, 0.2) is 5.16 Å². The number of nitro groups is 1. The van der Waals surface area contributed by atoms with Crippen LogP contribution < -0.4 is 5.32 Å². The van der Waals surface area contributed by atoms with E-state index in [1.54, 1.807) is 13.0 Å². The summed E-state index contributed by atoms with van der Waals surface area (Å²) in [5, 5.41) is 21.9. The van der Waals surface area contributed by atoms with E-state index < -0.39 is 21.7 Å². The van der Waals surface area contributed by atoms with E-state index in [1.807, 2.05) is 4.57 Å². The van der Waals surface area contributed by atoms with Gasteiger partial charge in [0.1, 0.15) is 5.82 Å². The number of hydrogen-bond acceptors (Lipinski definition) is 6. The van der Waals surface area contributed by atoms with Crippen LogP contribution in [0.3, 0.4) is 0 Å². The summed E-state index contributed by atoms with van der Waals surface area (Å²) in [6.07, 6.45) is 3.92. The summed E-state index contributed by atoms with van der Waals surface area (Å²) >= 11 is 1.24. The highest BCUT2D eigenvalue weighted by Crippen LogP contribution is 2.40. The second-order valence-electron chi connectivity index (χ2n) is 6.19. The average Bonchev–Trinajstić information content (AvgIpc) is 3.40. The van der Waals surface area contributed by atoms with Gasteiger partial charge in [0, 0.05) is 24.2 Å². The Balaban J connectivity index is 1.70. The zero-order valence-corrected chi connectivity index (χ0v) is 15.4. The molecule has 2 aromatic rings. The lowest BCUT2D eigenvalue weighted by atomic mass is 10.2. The van der Waals surface area contributed by atoms with Crippen molar-refractivity contribution in [2.24, 2.45) is 0 Å². The van der Waals surface area contributed by atoms with Gasteiger partial charge in [-0.3, -0.25) is 14.9 Å². The van der Waals surface area contributed by atoms with Gasteiger partial charge in [0.25, 0.3) is 0 Å². The van der Waals surface area contributed by atoms with Crippen LogP contribution in [-0.2, 0) is 11.3 Å². The number of nitrogens with one attached hydrogen (secondary N) is 1. The number of hydrogen-bond donors (Lipinski definition) is 1. The topological polar surface area (TPSA) is 103 Å². The molecule has 1 fully saturated rings. The number of anilines is 1. The van der Waals surface area contributed by atoms with Crippen LogP contribution in [-0.4, -0.2) is 30.8 Å². The number of benzene rings is 1. The smallest absolute Gasteiger partial charge is 0.306 e. The fraction of sp³-hybridized carbons (Fsp3) is 0.353. The Morgan fingerprint density at radius 1 is 1.56 bits per heavy atom. The van der Waals surface area contributed by atoms with Crippen molar-refractivity contribution in [3.05, 3.63) is 52.6 Å². The van der Waals surface area contributed by atoms with E-state index in [0.29, 0.717) is 17.6 Å². The van der Waals surface area contributed by atoms with E-state index in [-0.39, 0.29) is 11.6 Å². The molecule has 1 atom stereocenters. The molecular formula is C17H18FN5O3S. The standard InChI is InChI=1S/C17H18FN5O3S/c1-3-8-22-15(11-4-5-11)20-21-17(22)27-10(2)16(24)19-12-6-7-13(18)14(9-12)23(25)26/h3,6-7,9-11H,1,4-5,8H2,2H3,(H,19,24). The third-order valence-corrected chi connectivity index (χ3v) is 5.14. The number of amides is 1. The minimum Gasteiger partial charge on any atom is -0.325 e. The third-order valence-electron chi connectivity index (χ3n) is 4.06. The van der Waals surface area contributed by atoms with Crippen molar-refractivity contribution < 1.29 is 14.1 Å². The molecule has 1 N–H and O–H groups in total. The van der Waals surface area contributed by atoms with Crippen molar-refractivity contribution in [2.75, 3.05) is 5.32 Å². The van der Waals surface area contributed by atoms with Crippen LogP contribution in [0.5, 0.6) is 0 Å². The van der Waals surface area contributed by atoms with Crippen LogP contribution in [0.1, 0.15) is 31.5 Å². The molecule has 1 aliphatic carbocycles. The van der Waals surface area contributed by atoms with Crippen molar-refractivity contribution in [2.45, 2.75) is 42.6 Å². The molecule has 1 aliphatic rings. The summed E-state index contributed by atoms with van der Waals surface area (Å²) in [6, 6.07) is 3.23. The van der Waals surface area contributed by atoms with E-state index in [0.717, 1.165) is 30.8 Å². The Hall–Kier alpha value is -2.75. The van der Waals surface area contributed by atoms with E-state index in [1.165, 1.54) is 17.8 Å². The molecule has 0 aliphatic heterocycles. The normalized spacial score (nSPS) is 14.6. The summed E-state index contributed by atoms with van der Waals surface area (Å²) in [4.78, 5) is 22.4. The SMILES string of the molecule is C=CCn1c(SC(C)C(=O)Nc2ccc(F)c([N+](=O)[O-])c2)nnc1C1CC1. The monoisotopic (exact) mass is 391 g/mol. The molecule has 27 heavy (non-hydrogen) atoms. The number of thioether (sulfide) groups is 1. The Kier molecular flexibility index (Phi) is 5.54. The van der Waals surface area contributed by atoms with Crippen molar-refractivity contribution in [1.29, 1.82) is 0 Å². The predicted molar refractivity (Wildman–Crippen MR) is 99.2 cm³/mol. The van der Waals surface area contributed by atoms with Crippen molar-refractivity contribution >= 4 is 29.0 Å². The highest BCUT2D eigenvalue weighted by Gasteiger charge is 2.31. The summed E-state index contributed by atoms with van der Waals surface area (Å²) in [5.41, 5.74) is -0.528. The maximum Gasteiger partial charge on any atom is 0.306 e. The first-order chi connectivity index (χ1) is 12.9. The van der Waals surface area contributed by atoms with Gasteiger partial charge < -0.3 is 9.88 Å². The molecule has 1 aromatic carbocycles. The maximum absolute atomic E-state index is 13.4. The summed E-state index contributed by atoms with van der Waals surface area (Å²) in [5.74, 6) is -0.0116. The molecule has 0 bridgehead atoms. The van der Waals surface area contributed by atoms with Crippen LogP contribution in [0.15, 0.2) is 36.0 Å². The van der Waals surface area contributed by atoms with Crippen LogP contribution in [0.25, 0.3) is 0 Å². The Morgan fingerprint density at radius 3 is 2.93 bits per heavy atom. The minimum absolute atomic E-state index is 0.159. The summed E-state index contributed by atoms with van der Waals surface area (Å²) in [7, 11) is 0. The fourth-order valence-corrected chi connectivity index (χ4v) is 3.38. The molecule has 0 saturated heterocycles. The molecule has 1 unspecified atom stereocenters. The van der Waals surface area contributed by atoms with Gasteiger partial charge >= 0.3 is 5.69 Å². The number of carbonyl (C=O) groups excluding carboxylic acids is 1. The highest BCUT2D eigenvalue weighted by molar-refractivity contribution is 8.00. The summed E-state index contributed by atoms with van der Waals surface area (Å²) < 4.78 is 15.4.